The first kappa shape index (κ1) is 9.02. The van der Waals surface area contributed by atoms with Gasteiger partial charge in [0.05, 0.1) is 0 Å². The molecule has 0 atom stereocenters. The Labute approximate surface area is 59.4 Å². The van der Waals surface area contributed by atoms with E-state index in [4.69, 9.17) is 5.73 Å². The van der Waals surface area contributed by atoms with Gasteiger partial charge in [-0.2, -0.15) is 0 Å². The molecule has 54 valence electrons. The Kier molecular flexibility index (Phi) is 2.34. The second-order valence-corrected chi connectivity index (χ2v) is 4.73. The normalized spacial score (nSPS) is 13.9. The summed E-state index contributed by atoms with van der Waals surface area (Å²) in [5, 5.41) is 0.359. The molecule has 1 nitrogen and oxygen atoms in total. The molecule has 0 radical (unpaired) electrons. The smallest absolute Gasteiger partial charge is 0.108 e. The van der Waals surface area contributed by atoms with Gasteiger partial charge in [0.1, 0.15) is 7.85 Å². The molecule has 0 aromatic heterocycles. The van der Waals surface area contributed by atoms with Gasteiger partial charge in [-0.1, -0.05) is 19.2 Å². The minimum absolute atomic E-state index is 0.0156. The van der Waals surface area contributed by atoms with Crippen molar-refractivity contribution in [3.8, 4) is 0 Å². The van der Waals surface area contributed by atoms with E-state index >= 15 is 0 Å². The largest absolute Gasteiger partial charge is 0.326 e. The molecule has 0 aliphatic rings. The van der Waals surface area contributed by atoms with Gasteiger partial charge in [0.15, 0.2) is 0 Å². The van der Waals surface area contributed by atoms with Crippen LogP contribution in [0.25, 0.3) is 0 Å². The first-order valence-corrected chi connectivity index (χ1v) is 3.50. The Morgan fingerprint density at radius 1 is 1.22 bits per heavy atom. The van der Waals surface area contributed by atoms with E-state index in [9.17, 15) is 0 Å². The van der Waals surface area contributed by atoms with Crippen molar-refractivity contribution >= 4 is 7.85 Å². The van der Waals surface area contributed by atoms with Gasteiger partial charge < -0.3 is 5.73 Å². The Morgan fingerprint density at radius 2 is 1.56 bits per heavy atom. The maximum atomic E-state index is 5.82. The first-order valence-electron chi connectivity index (χ1n) is 3.50. The first-order chi connectivity index (χ1) is 3.71. The maximum Gasteiger partial charge on any atom is 0.108 e. The van der Waals surface area contributed by atoms with Crippen LogP contribution in [0.5, 0.6) is 0 Å². The van der Waals surface area contributed by atoms with Crippen molar-refractivity contribution in [3.05, 3.63) is 0 Å². The van der Waals surface area contributed by atoms with Crippen LogP contribution in [-0.4, -0.2) is 13.4 Å². The molecule has 0 fully saturated rings. The van der Waals surface area contributed by atoms with Gasteiger partial charge in [0, 0.05) is 5.54 Å². The fraction of sp³-hybridized carbons (Fsp3) is 1.00. The summed E-state index contributed by atoms with van der Waals surface area (Å²) in [4.78, 5) is 0. The summed E-state index contributed by atoms with van der Waals surface area (Å²) >= 11 is 0. The quantitative estimate of drug-likeness (QED) is 0.549. The number of nitrogens with two attached hydrogens (primary N) is 1. The van der Waals surface area contributed by atoms with Crippen molar-refractivity contribution in [1.29, 1.82) is 0 Å². The van der Waals surface area contributed by atoms with E-state index in [0.717, 1.165) is 6.42 Å². The molecule has 0 aromatic rings. The predicted octanol–water partition coefficient (Wildman–Crippen LogP) is 0.945. The molecule has 0 aliphatic carbocycles. The average molecular weight is 127 g/mol. The van der Waals surface area contributed by atoms with Gasteiger partial charge >= 0.3 is 0 Å². The van der Waals surface area contributed by atoms with E-state index in [1.54, 1.807) is 0 Å². The molecule has 0 unspecified atom stereocenters. The minimum atomic E-state index is -0.0156. The third kappa shape index (κ3) is 8.02. The van der Waals surface area contributed by atoms with Gasteiger partial charge in [0.2, 0.25) is 0 Å². The molecule has 2 heteroatoms. The third-order valence-corrected chi connectivity index (χ3v) is 0.986. The molecule has 0 rings (SSSR count). The summed E-state index contributed by atoms with van der Waals surface area (Å²) in [7, 11) is 2.21. The highest BCUT2D eigenvalue weighted by Crippen LogP contribution is 2.28. The molecule has 0 amide bonds. The minimum Gasteiger partial charge on any atom is -0.326 e. The molecular weight excluding hydrogens is 109 g/mol. The lowest BCUT2D eigenvalue weighted by atomic mass is 9.66. The van der Waals surface area contributed by atoms with Gasteiger partial charge in [0.25, 0.3) is 0 Å². The highest BCUT2D eigenvalue weighted by molar-refractivity contribution is 6.14. The Morgan fingerprint density at radius 3 is 1.56 bits per heavy atom. The summed E-state index contributed by atoms with van der Waals surface area (Å²) in [6.07, 6.45) is 1.07. The molecule has 9 heavy (non-hydrogen) atoms. The van der Waals surface area contributed by atoms with Crippen molar-refractivity contribution in [2.24, 2.45) is 5.73 Å². The van der Waals surface area contributed by atoms with Gasteiger partial charge in [-0.05, 0) is 20.3 Å². The molecule has 0 aromatic carbocycles. The molecule has 0 aliphatic heterocycles. The second kappa shape index (κ2) is 2.33. The van der Waals surface area contributed by atoms with E-state index in [2.05, 4.69) is 35.5 Å². The second-order valence-electron chi connectivity index (χ2n) is 4.73. The van der Waals surface area contributed by atoms with Crippen LogP contribution in [0.15, 0.2) is 0 Å². The van der Waals surface area contributed by atoms with Gasteiger partial charge in [-0.3, -0.25) is 0 Å². The number of rotatable bonds is 2. The highest BCUT2D eigenvalue weighted by atomic mass is 14.7. The van der Waals surface area contributed by atoms with Crippen molar-refractivity contribution in [1.82, 2.24) is 0 Å². The third-order valence-electron chi connectivity index (χ3n) is 0.986. The molecule has 0 bridgehead atoms. The van der Waals surface area contributed by atoms with E-state index in [-0.39, 0.29) is 5.54 Å². The van der Waals surface area contributed by atoms with Gasteiger partial charge in [-0.15, -0.1) is 0 Å². The summed E-state index contributed by atoms with van der Waals surface area (Å²) in [5.41, 5.74) is 5.81. The van der Waals surface area contributed by atoms with E-state index in [0.29, 0.717) is 5.31 Å². The standard InChI is InChI=1S/C7H18BN/c1-6(2,8)5-7(3,4)9/h5,8-9H2,1-4H3. The Hall–Kier alpha value is 0.0249. The average Bonchev–Trinajstić information content (AvgIpc) is 1.14. The van der Waals surface area contributed by atoms with Crippen molar-refractivity contribution in [2.45, 2.75) is 45.0 Å². The zero-order chi connectivity index (χ0) is 7.71. The zero-order valence-corrected chi connectivity index (χ0v) is 7.28. The monoisotopic (exact) mass is 127 g/mol. The molecular formula is C7H18BN. The topological polar surface area (TPSA) is 26.0 Å². The lowest BCUT2D eigenvalue weighted by molar-refractivity contribution is 0.413. The van der Waals surface area contributed by atoms with E-state index in [1.165, 1.54) is 0 Å². The Balaban J connectivity index is 3.75. The fourth-order valence-electron chi connectivity index (χ4n) is 1.37. The van der Waals surface area contributed by atoms with Crippen molar-refractivity contribution in [3.63, 3.8) is 0 Å². The van der Waals surface area contributed by atoms with Crippen molar-refractivity contribution in [2.75, 3.05) is 0 Å². The summed E-state index contributed by atoms with van der Waals surface area (Å²) < 4.78 is 0. The summed E-state index contributed by atoms with van der Waals surface area (Å²) in [6.45, 7) is 8.56. The molecule has 0 heterocycles. The maximum absolute atomic E-state index is 5.82. The van der Waals surface area contributed by atoms with Crippen LogP contribution in [0.4, 0.5) is 0 Å². The summed E-state index contributed by atoms with van der Waals surface area (Å²) in [5.74, 6) is 0. The van der Waals surface area contributed by atoms with Crippen molar-refractivity contribution < 1.29 is 0 Å². The highest BCUT2D eigenvalue weighted by Gasteiger charge is 2.20. The van der Waals surface area contributed by atoms with Crippen LogP contribution >= 0.6 is 0 Å². The lowest BCUT2D eigenvalue weighted by Gasteiger charge is -2.28. The van der Waals surface area contributed by atoms with Crippen LogP contribution in [0.3, 0.4) is 0 Å². The zero-order valence-electron chi connectivity index (χ0n) is 7.28. The van der Waals surface area contributed by atoms with Gasteiger partial charge in [-0.25, -0.2) is 0 Å². The summed E-state index contributed by atoms with van der Waals surface area (Å²) in [6, 6.07) is 0. The van der Waals surface area contributed by atoms with Crippen LogP contribution in [0.2, 0.25) is 5.31 Å². The number of hydrogen-bond donors (Lipinski definition) is 1. The fourth-order valence-corrected chi connectivity index (χ4v) is 1.37. The molecule has 0 saturated carbocycles. The molecule has 0 saturated heterocycles. The van der Waals surface area contributed by atoms with Crippen LogP contribution in [0.1, 0.15) is 34.1 Å². The SMILES string of the molecule is BC(C)(C)CC(C)(C)N. The van der Waals surface area contributed by atoms with Crippen LogP contribution in [0, 0.1) is 0 Å². The van der Waals surface area contributed by atoms with Crippen LogP contribution in [-0.2, 0) is 0 Å². The van der Waals surface area contributed by atoms with E-state index < -0.39 is 0 Å². The van der Waals surface area contributed by atoms with E-state index in [1.807, 2.05) is 0 Å². The van der Waals surface area contributed by atoms with Crippen LogP contribution < -0.4 is 5.73 Å². The molecule has 2 N–H and O–H groups in total. The predicted molar refractivity (Wildman–Crippen MR) is 45.5 cm³/mol. The lowest BCUT2D eigenvalue weighted by Crippen LogP contribution is -2.35. The molecule has 0 spiro atoms. The Bertz CT molecular complexity index is 74.1. The number of hydrogen-bond acceptors (Lipinski definition) is 1.